The summed E-state index contributed by atoms with van der Waals surface area (Å²) in [6.45, 7) is 5.59. The summed E-state index contributed by atoms with van der Waals surface area (Å²) >= 11 is 0. The average Bonchev–Trinajstić information content (AvgIpc) is 2.76. The second kappa shape index (κ2) is 19.2. The van der Waals surface area contributed by atoms with Gasteiger partial charge >= 0.3 is 5.97 Å². The van der Waals surface area contributed by atoms with Crippen LogP contribution in [0.25, 0.3) is 0 Å². The monoisotopic (exact) mass is 450 g/mol. The Hall–Kier alpha value is -1.29. The third kappa shape index (κ3) is 14.7. The second-order valence-electron chi connectivity index (χ2n) is 9.30. The number of carbonyl (C=O) groups is 1. The number of carboxylic acid groups (broad SMARTS) is 1. The van der Waals surface area contributed by atoms with Crippen molar-refractivity contribution in [3.8, 4) is 0 Å². The van der Waals surface area contributed by atoms with Gasteiger partial charge in [0.05, 0.1) is 18.0 Å². The lowest BCUT2D eigenvalue weighted by Gasteiger charge is -2.33. The van der Waals surface area contributed by atoms with E-state index in [4.69, 9.17) is 14.6 Å². The van der Waals surface area contributed by atoms with E-state index in [1.165, 1.54) is 83.5 Å². The molecule has 0 aliphatic heterocycles. The van der Waals surface area contributed by atoms with Gasteiger partial charge in [0.15, 0.2) is 0 Å². The second-order valence-corrected chi connectivity index (χ2v) is 9.30. The molecule has 1 aliphatic carbocycles. The standard InChI is InChI=1S/C28H50O4/c1-3-31-26-21-20-24-28(25-26,32-4-2)23-19-17-15-13-11-9-7-5-6-8-10-12-14-16-18-22-27(29)30/h20-21,24H,3-19,22-23,25H2,1-2H3,(H,29,30). The highest BCUT2D eigenvalue weighted by Crippen LogP contribution is 2.32. The Morgan fingerprint density at radius 2 is 1.31 bits per heavy atom. The molecule has 1 atom stereocenters. The number of hydrogen-bond acceptors (Lipinski definition) is 3. The van der Waals surface area contributed by atoms with Crippen LogP contribution >= 0.6 is 0 Å². The third-order valence-corrected chi connectivity index (χ3v) is 6.41. The smallest absolute Gasteiger partial charge is 0.303 e. The summed E-state index contributed by atoms with van der Waals surface area (Å²) in [4.78, 5) is 10.5. The summed E-state index contributed by atoms with van der Waals surface area (Å²) < 4.78 is 11.9. The van der Waals surface area contributed by atoms with Gasteiger partial charge in [0.1, 0.15) is 0 Å². The molecule has 186 valence electrons. The lowest BCUT2D eigenvalue weighted by Crippen LogP contribution is -2.32. The summed E-state index contributed by atoms with van der Waals surface area (Å²) in [5.41, 5.74) is -0.160. The molecule has 4 heteroatoms. The molecule has 1 N–H and O–H groups in total. The molecular formula is C28H50O4. The Morgan fingerprint density at radius 3 is 1.78 bits per heavy atom. The number of rotatable bonds is 22. The van der Waals surface area contributed by atoms with E-state index >= 15 is 0 Å². The number of ether oxygens (including phenoxy) is 2. The highest BCUT2D eigenvalue weighted by molar-refractivity contribution is 5.66. The van der Waals surface area contributed by atoms with E-state index < -0.39 is 5.97 Å². The molecule has 32 heavy (non-hydrogen) atoms. The molecule has 0 bridgehead atoms. The lowest BCUT2D eigenvalue weighted by atomic mass is 9.88. The highest BCUT2D eigenvalue weighted by atomic mass is 16.5. The first-order valence-corrected chi connectivity index (χ1v) is 13.5. The first-order valence-electron chi connectivity index (χ1n) is 13.5. The topological polar surface area (TPSA) is 55.8 Å². The summed E-state index contributed by atoms with van der Waals surface area (Å²) in [5.74, 6) is 0.394. The van der Waals surface area contributed by atoms with E-state index in [1.807, 2.05) is 6.92 Å². The van der Waals surface area contributed by atoms with Crippen LogP contribution in [0.5, 0.6) is 0 Å². The third-order valence-electron chi connectivity index (χ3n) is 6.41. The fraction of sp³-hybridized carbons (Fsp3) is 0.821. The van der Waals surface area contributed by atoms with Crippen LogP contribution in [0.4, 0.5) is 0 Å². The molecule has 0 aromatic heterocycles. The molecule has 4 nitrogen and oxygen atoms in total. The van der Waals surface area contributed by atoms with Gasteiger partial charge in [-0.1, -0.05) is 102 Å². The minimum Gasteiger partial charge on any atom is -0.498 e. The average molecular weight is 451 g/mol. The largest absolute Gasteiger partial charge is 0.498 e. The molecular weight excluding hydrogens is 400 g/mol. The fourth-order valence-electron chi connectivity index (χ4n) is 4.66. The minimum atomic E-state index is -0.661. The summed E-state index contributed by atoms with van der Waals surface area (Å²) in [5, 5.41) is 8.62. The molecule has 0 heterocycles. The Kier molecular flexibility index (Phi) is 17.2. The van der Waals surface area contributed by atoms with Crippen LogP contribution < -0.4 is 0 Å². The van der Waals surface area contributed by atoms with Gasteiger partial charge in [0.25, 0.3) is 0 Å². The van der Waals surface area contributed by atoms with Crippen LogP contribution in [-0.2, 0) is 14.3 Å². The first-order chi connectivity index (χ1) is 15.6. The number of hydrogen-bond donors (Lipinski definition) is 1. The van der Waals surface area contributed by atoms with Crippen molar-refractivity contribution < 1.29 is 19.4 Å². The molecule has 0 aromatic rings. The number of unbranched alkanes of at least 4 members (excludes halogenated alkanes) is 14. The van der Waals surface area contributed by atoms with Crippen molar-refractivity contribution in [3.05, 3.63) is 24.0 Å². The van der Waals surface area contributed by atoms with Gasteiger partial charge in [-0.15, -0.1) is 0 Å². The SMILES string of the molecule is CCOC1=CC=CC(CCCCCCCCCCCCCCCCCC(=O)O)(OCC)C1. The van der Waals surface area contributed by atoms with Gasteiger partial charge in [-0.25, -0.2) is 0 Å². The summed E-state index contributed by atoms with van der Waals surface area (Å²) in [6.07, 6.45) is 27.8. The zero-order valence-corrected chi connectivity index (χ0v) is 21.0. The maximum Gasteiger partial charge on any atom is 0.303 e. The number of aliphatic carboxylic acids is 1. The predicted molar refractivity (Wildman–Crippen MR) is 134 cm³/mol. The summed E-state index contributed by atoms with van der Waals surface area (Å²) in [6, 6.07) is 0. The Labute approximate surface area is 197 Å². The zero-order chi connectivity index (χ0) is 23.3. The fourth-order valence-corrected chi connectivity index (χ4v) is 4.66. The Morgan fingerprint density at radius 1 is 0.812 bits per heavy atom. The van der Waals surface area contributed by atoms with Gasteiger partial charge in [-0.2, -0.15) is 0 Å². The Balaban J connectivity index is 1.92. The highest BCUT2D eigenvalue weighted by Gasteiger charge is 2.30. The molecule has 0 saturated carbocycles. The van der Waals surface area contributed by atoms with Gasteiger partial charge in [-0.05, 0) is 32.8 Å². The molecule has 0 saturated heterocycles. The van der Waals surface area contributed by atoms with Gasteiger partial charge in [0, 0.05) is 19.4 Å². The lowest BCUT2D eigenvalue weighted by molar-refractivity contribution is -0.137. The molecule has 1 rings (SSSR count). The maximum absolute atomic E-state index is 10.5. The van der Waals surface area contributed by atoms with E-state index in [9.17, 15) is 4.79 Å². The quantitative estimate of drug-likeness (QED) is 0.168. The number of allylic oxidation sites excluding steroid dienone is 2. The molecule has 0 fully saturated rings. The first kappa shape index (κ1) is 28.7. The molecule has 0 amide bonds. The van der Waals surface area contributed by atoms with E-state index in [0.29, 0.717) is 6.42 Å². The Bertz CT molecular complexity index is 526. The van der Waals surface area contributed by atoms with Gasteiger partial charge < -0.3 is 14.6 Å². The van der Waals surface area contributed by atoms with Crippen molar-refractivity contribution in [1.29, 1.82) is 0 Å². The van der Waals surface area contributed by atoms with Crippen molar-refractivity contribution in [3.63, 3.8) is 0 Å². The van der Waals surface area contributed by atoms with Crippen molar-refractivity contribution in [2.24, 2.45) is 0 Å². The van der Waals surface area contributed by atoms with Crippen LogP contribution in [0.2, 0.25) is 0 Å². The predicted octanol–water partition coefficient (Wildman–Crippen LogP) is 8.36. The van der Waals surface area contributed by atoms with E-state index in [-0.39, 0.29) is 5.60 Å². The van der Waals surface area contributed by atoms with Crippen molar-refractivity contribution in [2.45, 2.75) is 135 Å². The van der Waals surface area contributed by atoms with Gasteiger partial charge in [-0.3, -0.25) is 4.79 Å². The maximum atomic E-state index is 10.5. The van der Waals surface area contributed by atoms with E-state index in [1.54, 1.807) is 0 Å². The van der Waals surface area contributed by atoms with Crippen LogP contribution in [0.1, 0.15) is 129 Å². The van der Waals surface area contributed by atoms with Crippen molar-refractivity contribution in [2.75, 3.05) is 13.2 Å². The molecule has 1 aliphatic rings. The van der Waals surface area contributed by atoms with E-state index in [0.717, 1.165) is 44.7 Å². The van der Waals surface area contributed by atoms with Crippen molar-refractivity contribution >= 4 is 5.97 Å². The molecule has 0 aromatic carbocycles. The van der Waals surface area contributed by atoms with Gasteiger partial charge in [0.2, 0.25) is 0 Å². The molecule has 0 radical (unpaired) electrons. The zero-order valence-electron chi connectivity index (χ0n) is 21.0. The molecule has 1 unspecified atom stereocenters. The minimum absolute atomic E-state index is 0.160. The van der Waals surface area contributed by atoms with Crippen LogP contribution in [0, 0.1) is 0 Å². The van der Waals surface area contributed by atoms with Crippen LogP contribution in [0.3, 0.4) is 0 Å². The van der Waals surface area contributed by atoms with Crippen molar-refractivity contribution in [1.82, 2.24) is 0 Å². The van der Waals surface area contributed by atoms with Crippen LogP contribution in [0.15, 0.2) is 24.0 Å². The van der Waals surface area contributed by atoms with E-state index in [2.05, 4.69) is 25.2 Å². The molecule has 0 spiro atoms. The summed E-state index contributed by atoms with van der Waals surface area (Å²) in [7, 11) is 0. The van der Waals surface area contributed by atoms with Crippen LogP contribution in [-0.4, -0.2) is 29.9 Å². The number of carboxylic acids is 1. The normalized spacial score (nSPS) is 18.0.